The van der Waals surface area contributed by atoms with Gasteiger partial charge in [0, 0.05) is 6.42 Å². The van der Waals surface area contributed by atoms with Crippen molar-refractivity contribution in [2.45, 2.75) is 132 Å². The molecule has 0 saturated heterocycles. The Bertz CT molecular complexity index is 434. The van der Waals surface area contributed by atoms with Crippen LogP contribution in [0.5, 0.6) is 0 Å². The van der Waals surface area contributed by atoms with Crippen LogP contribution in [0.1, 0.15) is 126 Å². The molecule has 0 aliphatic carbocycles. The third kappa shape index (κ3) is 16.2. The minimum Gasteiger partial charge on any atom is -0.455 e. The third-order valence-electron chi connectivity index (χ3n) is 5.57. The van der Waals surface area contributed by atoms with E-state index in [1.807, 2.05) is 20.8 Å². The minimum atomic E-state index is -0.492. The summed E-state index contributed by atoms with van der Waals surface area (Å²) in [6.45, 7) is 17.6. The summed E-state index contributed by atoms with van der Waals surface area (Å²) in [4.78, 5) is 11.7. The predicted molar refractivity (Wildman–Crippen MR) is 124 cm³/mol. The first-order valence-electron chi connectivity index (χ1n) is 12.0. The molecule has 28 heavy (non-hydrogen) atoms. The zero-order valence-electron chi connectivity index (χ0n) is 20.4. The zero-order valence-corrected chi connectivity index (χ0v) is 20.4. The van der Waals surface area contributed by atoms with Crippen LogP contribution < -0.4 is 0 Å². The van der Waals surface area contributed by atoms with E-state index in [2.05, 4.69) is 40.7 Å². The van der Waals surface area contributed by atoms with Crippen LogP contribution in [0, 0.1) is 17.8 Å². The van der Waals surface area contributed by atoms with Gasteiger partial charge < -0.3 is 4.74 Å². The Labute approximate surface area is 176 Å². The number of allylic oxidation sites excluding steroid dienone is 1. The second-order valence-corrected chi connectivity index (χ2v) is 10.2. The normalized spacial score (nSPS) is 15.0. The van der Waals surface area contributed by atoms with Crippen molar-refractivity contribution in [3.05, 3.63) is 11.6 Å². The maximum atomic E-state index is 11.7. The van der Waals surface area contributed by atoms with E-state index in [0.717, 1.165) is 30.6 Å². The Hall–Kier alpha value is -0.790. The molecule has 0 aromatic rings. The predicted octanol–water partition coefficient (Wildman–Crippen LogP) is 8.49. The molecule has 0 aliphatic heterocycles. The van der Waals surface area contributed by atoms with E-state index in [1.165, 1.54) is 56.9 Å². The molecule has 0 rings (SSSR count). The quantitative estimate of drug-likeness (QED) is 0.194. The second kappa shape index (κ2) is 15.1. The summed E-state index contributed by atoms with van der Waals surface area (Å²) in [6.07, 6.45) is 15.4. The van der Waals surface area contributed by atoms with Crippen LogP contribution in [0.2, 0.25) is 0 Å². The summed E-state index contributed by atoms with van der Waals surface area (Å²) in [5.74, 6) is 2.45. The van der Waals surface area contributed by atoms with Gasteiger partial charge in [-0.05, 0) is 63.9 Å². The summed E-state index contributed by atoms with van der Waals surface area (Å²) < 4.78 is 5.58. The van der Waals surface area contributed by atoms with Crippen LogP contribution in [0.25, 0.3) is 0 Å². The van der Waals surface area contributed by atoms with Gasteiger partial charge in [-0.1, -0.05) is 85.1 Å². The van der Waals surface area contributed by atoms with Gasteiger partial charge in [0.15, 0.2) is 0 Å². The van der Waals surface area contributed by atoms with Crippen molar-refractivity contribution >= 4 is 5.97 Å². The number of carbonyl (C=O) groups excluding carboxylic acids is 1. The van der Waals surface area contributed by atoms with Gasteiger partial charge in [0.2, 0.25) is 0 Å². The first-order chi connectivity index (χ1) is 13.1. The zero-order chi connectivity index (χ0) is 21.6. The van der Waals surface area contributed by atoms with Crippen LogP contribution in [0.3, 0.4) is 0 Å². The molecule has 166 valence electrons. The SMILES string of the molecule is CCCC(=O)OC(C)(C)/C=C(\C)CCCC(C)CCCC(C)CCCC(C)C. The lowest BCUT2D eigenvalue weighted by Crippen LogP contribution is -2.25. The van der Waals surface area contributed by atoms with Crippen molar-refractivity contribution in [1.82, 2.24) is 0 Å². The van der Waals surface area contributed by atoms with Crippen molar-refractivity contribution in [2.24, 2.45) is 17.8 Å². The summed E-state index contributed by atoms with van der Waals surface area (Å²) in [5, 5.41) is 0. The highest BCUT2D eigenvalue weighted by Gasteiger charge is 2.19. The molecule has 0 fully saturated rings. The molecular weight excluding hydrogens is 344 g/mol. The molecule has 0 aromatic carbocycles. The van der Waals surface area contributed by atoms with Crippen molar-refractivity contribution in [3.8, 4) is 0 Å². The number of ether oxygens (including phenoxy) is 1. The Morgan fingerprint density at radius 3 is 1.86 bits per heavy atom. The number of carbonyl (C=O) groups is 1. The van der Waals surface area contributed by atoms with Gasteiger partial charge >= 0.3 is 5.97 Å². The molecule has 2 unspecified atom stereocenters. The van der Waals surface area contributed by atoms with Gasteiger partial charge in [-0.15, -0.1) is 0 Å². The fraction of sp³-hybridized carbons (Fsp3) is 0.885. The number of hydrogen-bond donors (Lipinski definition) is 0. The molecule has 0 aromatic heterocycles. The van der Waals surface area contributed by atoms with Crippen LogP contribution >= 0.6 is 0 Å². The van der Waals surface area contributed by atoms with Gasteiger partial charge in [0.05, 0.1) is 0 Å². The van der Waals surface area contributed by atoms with E-state index >= 15 is 0 Å². The van der Waals surface area contributed by atoms with Crippen LogP contribution in [-0.4, -0.2) is 11.6 Å². The van der Waals surface area contributed by atoms with Crippen LogP contribution in [0.4, 0.5) is 0 Å². The second-order valence-electron chi connectivity index (χ2n) is 10.2. The summed E-state index contributed by atoms with van der Waals surface area (Å²) >= 11 is 0. The fourth-order valence-corrected chi connectivity index (χ4v) is 3.95. The third-order valence-corrected chi connectivity index (χ3v) is 5.57. The topological polar surface area (TPSA) is 26.3 Å². The van der Waals surface area contributed by atoms with Gasteiger partial charge in [-0.3, -0.25) is 4.79 Å². The lowest BCUT2D eigenvalue weighted by atomic mass is 9.91. The van der Waals surface area contributed by atoms with Crippen molar-refractivity contribution < 1.29 is 9.53 Å². The lowest BCUT2D eigenvalue weighted by Gasteiger charge is -2.22. The Morgan fingerprint density at radius 2 is 1.36 bits per heavy atom. The van der Waals surface area contributed by atoms with Crippen molar-refractivity contribution in [2.75, 3.05) is 0 Å². The van der Waals surface area contributed by atoms with Gasteiger partial charge in [-0.2, -0.15) is 0 Å². The maximum absolute atomic E-state index is 11.7. The molecule has 0 spiro atoms. The average Bonchev–Trinajstić information content (AvgIpc) is 2.53. The molecule has 0 radical (unpaired) electrons. The molecule has 0 saturated carbocycles. The van der Waals surface area contributed by atoms with Crippen LogP contribution in [0.15, 0.2) is 11.6 Å². The standard InChI is InChI=1S/C26H50O2/c1-9-13-25(27)28-26(7,8)20-24(6)19-12-18-23(5)17-11-16-22(4)15-10-14-21(2)3/h20-23H,9-19H2,1-8H3/b24-20+. The summed E-state index contributed by atoms with van der Waals surface area (Å²) in [6, 6.07) is 0. The lowest BCUT2D eigenvalue weighted by molar-refractivity contribution is -0.152. The molecule has 0 heterocycles. The monoisotopic (exact) mass is 394 g/mol. The van der Waals surface area contributed by atoms with E-state index in [4.69, 9.17) is 4.74 Å². The van der Waals surface area contributed by atoms with Crippen LogP contribution in [-0.2, 0) is 9.53 Å². The largest absolute Gasteiger partial charge is 0.455 e. The Morgan fingerprint density at radius 1 is 0.857 bits per heavy atom. The summed E-state index contributed by atoms with van der Waals surface area (Å²) in [5.41, 5.74) is 0.841. The van der Waals surface area contributed by atoms with E-state index < -0.39 is 5.60 Å². The highest BCUT2D eigenvalue weighted by atomic mass is 16.6. The van der Waals surface area contributed by atoms with E-state index in [1.54, 1.807) is 0 Å². The van der Waals surface area contributed by atoms with E-state index in [9.17, 15) is 4.79 Å². The number of hydrogen-bond acceptors (Lipinski definition) is 2. The first-order valence-corrected chi connectivity index (χ1v) is 12.0. The molecule has 2 atom stereocenters. The van der Waals surface area contributed by atoms with Gasteiger partial charge in [0.25, 0.3) is 0 Å². The summed E-state index contributed by atoms with van der Waals surface area (Å²) in [7, 11) is 0. The average molecular weight is 395 g/mol. The molecule has 0 aliphatic rings. The number of rotatable bonds is 16. The Kier molecular flexibility index (Phi) is 14.7. The van der Waals surface area contributed by atoms with Crippen molar-refractivity contribution in [1.29, 1.82) is 0 Å². The first kappa shape index (κ1) is 27.2. The van der Waals surface area contributed by atoms with E-state index in [0.29, 0.717) is 6.42 Å². The van der Waals surface area contributed by atoms with Crippen molar-refractivity contribution in [3.63, 3.8) is 0 Å². The molecule has 0 amide bonds. The maximum Gasteiger partial charge on any atom is 0.306 e. The molecule has 0 bridgehead atoms. The fourth-order valence-electron chi connectivity index (χ4n) is 3.95. The highest BCUT2D eigenvalue weighted by Crippen LogP contribution is 2.23. The molecule has 2 heteroatoms. The highest BCUT2D eigenvalue weighted by molar-refractivity contribution is 5.70. The molecule has 0 N–H and O–H groups in total. The Balaban J connectivity index is 3.97. The molecular formula is C26H50O2. The van der Waals surface area contributed by atoms with Gasteiger partial charge in [0.1, 0.15) is 5.60 Å². The minimum absolute atomic E-state index is 0.0939. The molecule has 2 nitrogen and oxygen atoms in total. The van der Waals surface area contributed by atoms with Gasteiger partial charge in [-0.25, -0.2) is 0 Å². The smallest absolute Gasteiger partial charge is 0.306 e. The van der Waals surface area contributed by atoms with E-state index in [-0.39, 0.29) is 5.97 Å². The number of esters is 1.